The van der Waals surface area contributed by atoms with Crippen molar-refractivity contribution in [2.24, 2.45) is 0 Å². The number of nitrogens with zero attached hydrogens (tertiary/aromatic N) is 6. The van der Waals surface area contributed by atoms with Crippen molar-refractivity contribution in [1.82, 2.24) is 19.9 Å². The van der Waals surface area contributed by atoms with E-state index in [1.807, 2.05) is 32.0 Å². The minimum Gasteiger partial charge on any atom is -0.418 e. The first-order valence-electron chi connectivity index (χ1n) is 12.1. The Morgan fingerprint density at radius 2 is 1.76 bits per heavy atom. The minimum absolute atomic E-state index is 0.0313. The van der Waals surface area contributed by atoms with Crippen molar-refractivity contribution in [3.05, 3.63) is 76.9 Å². The van der Waals surface area contributed by atoms with Gasteiger partial charge in [-0.25, -0.2) is 4.98 Å². The van der Waals surface area contributed by atoms with E-state index in [2.05, 4.69) is 64.6 Å². The molecule has 2 N–H and O–H groups in total. The smallest absolute Gasteiger partial charge is 0.302 e. The number of hydrogen-bond donors (Lipinski definition) is 2. The summed E-state index contributed by atoms with van der Waals surface area (Å²) in [6.45, 7) is 7.14. The van der Waals surface area contributed by atoms with Crippen molar-refractivity contribution >= 4 is 46.8 Å². The van der Waals surface area contributed by atoms with Crippen LogP contribution in [-0.2, 0) is 6.42 Å². The number of halogens is 1. The number of anilines is 5. The van der Waals surface area contributed by atoms with Crippen LogP contribution >= 0.6 is 11.6 Å². The third kappa shape index (κ3) is 5.64. The lowest BCUT2D eigenvalue weighted by atomic mass is 10.2. The van der Waals surface area contributed by atoms with Gasteiger partial charge in [-0.3, -0.25) is 10.1 Å². The molecule has 10 nitrogen and oxygen atoms in total. The molecule has 0 spiro atoms. The van der Waals surface area contributed by atoms with Gasteiger partial charge in [0.05, 0.1) is 16.9 Å². The molecule has 190 valence electrons. The highest BCUT2D eigenvalue weighted by Gasteiger charge is 2.21. The molecule has 2 aromatic heterocycles. The molecule has 11 heteroatoms. The number of oxazole rings is 1. The molecule has 4 aromatic rings. The summed E-state index contributed by atoms with van der Waals surface area (Å²) >= 11 is 6.22. The number of amides is 1. The van der Waals surface area contributed by atoms with Crippen LogP contribution in [0.2, 0.25) is 5.02 Å². The van der Waals surface area contributed by atoms with E-state index in [4.69, 9.17) is 16.0 Å². The Kier molecular flexibility index (Phi) is 7.18. The van der Waals surface area contributed by atoms with E-state index in [-0.39, 0.29) is 11.8 Å². The number of hydrogen-bond acceptors (Lipinski definition) is 9. The lowest BCUT2D eigenvalue weighted by Gasteiger charge is -2.36. The van der Waals surface area contributed by atoms with Gasteiger partial charge in [-0.2, -0.15) is 15.0 Å². The monoisotopic (exact) mass is 518 g/mol. The zero-order valence-electron chi connectivity index (χ0n) is 20.6. The summed E-state index contributed by atoms with van der Waals surface area (Å²) in [4.78, 5) is 35.0. The average Bonchev–Trinajstić information content (AvgIpc) is 3.39. The Bertz CT molecular complexity index is 1370. The van der Waals surface area contributed by atoms with Gasteiger partial charge in [0.15, 0.2) is 0 Å². The number of rotatable bonds is 7. The fraction of sp³-hybridized carbons (Fsp3) is 0.269. The summed E-state index contributed by atoms with van der Waals surface area (Å²) in [6.07, 6.45) is 1.99. The van der Waals surface area contributed by atoms with Gasteiger partial charge in [0, 0.05) is 38.3 Å². The van der Waals surface area contributed by atoms with Crippen LogP contribution in [0.3, 0.4) is 0 Å². The van der Waals surface area contributed by atoms with Crippen LogP contribution in [0.5, 0.6) is 0 Å². The highest BCUT2D eigenvalue weighted by molar-refractivity contribution is 6.34. The second-order valence-corrected chi connectivity index (χ2v) is 8.99. The van der Waals surface area contributed by atoms with Crippen molar-refractivity contribution in [3.63, 3.8) is 0 Å². The summed E-state index contributed by atoms with van der Waals surface area (Å²) in [6, 6.07) is 15.9. The molecule has 1 aliphatic heterocycles. The van der Waals surface area contributed by atoms with Crippen LogP contribution in [0.15, 0.2) is 59.1 Å². The summed E-state index contributed by atoms with van der Waals surface area (Å²) in [5.41, 5.74) is 2.58. The van der Waals surface area contributed by atoms with Gasteiger partial charge in [-0.15, -0.1) is 0 Å². The third-order valence-corrected chi connectivity index (χ3v) is 6.39. The van der Waals surface area contributed by atoms with E-state index < -0.39 is 5.91 Å². The first-order chi connectivity index (χ1) is 18.0. The topological polar surface area (TPSA) is 112 Å². The first kappa shape index (κ1) is 24.5. The SMILES string of the molecule is CCc1nc(Nc2ncc(C(=O)Nc3c(C)cccc3Cl)o2)nc(N2CCN(c3ccccc3)CC2)n1. The van der Waals surface area contributed by atoms with Crippen LogP contribution in [0, 0.1) is 6.92 Å². The molecule has 5 rings (SSSR count). The predicted molar refractivity (Wildman–Crippen MR) is 144 cm³/mol. The second kappa shape index (κ2) is 10.8. The van der Waals surface area contributed by atoms with Gasteiger partial charge in [-0.1, -0.05) is 48.9 Å². The fourth-order valence-corrected chi connectivity index (χ4v) is 4.33. The third-order valence-electron chi connectivity index (χ3n) is 6.08. The minimum atomic E-state index is -0.460. The molecule has 1 fully saturated rings. The van der Waals surface area contributed by atoms with Gasteiger partial charge >= 0.3 is 6.01 Å². The Balaban J connectivity index is 1.27. The first-order valence-corrected chi connectivity index (χ1v) is 12.5. The number of carbonyl (C=O) groups excluding carboxylic acids is 1. The summed E-state index contributed by atoms with van der Waals surface area (Å²) in [5, 5.41) is 6.19. The molecular formula is C26H27ClN8O2. The highest BCUT2D eigenvalue weighted by atomic mass is 35.5. The van der Waals surface area contributed by atoms with Crippen molar-refractivity contribution in [2.75, 3.05) is 46.6 Å². The molecule has 0 atom stereocenters. The van der Waals surface area contributed by atoms with Gasteiger partial charge in [0.1, 0.15) is 5.82 Å². The largest absolute Gasteiger partial charge is 0.418 e. The van der Waals surface area contributed by atoms with E-state index in [0.29, 0.717) is 34.9 Å². The van der Waals surface area contributed by atoms with Crippen LogP contribution in [0.4, 0.5) is 29.3 Å². The van der Waals surface area contributed by atoms with Crippen molar-refractivity contribution in [3.8, 4) is 0 Å². The maximum atomic E-state index is 12.7. The summed E-state index contributed by atoms with van der Waals surface area (Å²) in [7, 11) is 0. The second-order valence-electron chi connectivity index (χ2n) is 8.58. The summed E-state index contributed by atoms with van der Waals surface area (Å²) < 4.78 is 5.63. The van der Waals surface area contributed by atoms with Gasteiger partial charge in [0.25, 0.3) is 5.91 Å². The number of para-hydroxylation sites is 2. The zero-order valence-corrected chi connectivity index (χ0v) is 21.4. The quantitative estimate of drug-likeness (QED) is 0.359. The molecule has 0 bridgehead atoms. The van der Waals surface area contributed by atoms with E-state index in [0.717, 1.165) is 31.7 Å². The Morgan fingerprint density at radius 1 is 1.00 bits per heavy atom. The molecule has 1 amide bonds. The predicted octanol–water partition coefficient (Wildman–Crippen LogP) is 4.71. The Labute approximate surface area is 219 Å². The van der Waals surface area contributed by atoms with Crippen molar-refractivity contribution in [1.29, 1.82) is 0 Å². The van der Waals surface area contributed by atoms with Crippen LogP contribution < -0.4 is 20.4 Å². The van der Waals surface area contributed by atoms with Gasteiger partial charge < -0.3 is 19.5 Å². The molecule has 0 radical (unpaired) electrons. The standard InChI is InChI=1S/C26H27ClN8O2/c1-3-21-29-24(32-25(30-21)35-14-12-34(13-15-35)18-9-5-4-6-10-18)33-26-28-16-20(37-26)23(36)31-22-17(2)8-7-11-19(22)27/h4-11,16H,3,12-15H2,1-2H3,(H,31,36)(H,28,29,30,32,33). The molecule has 0 saturated carbocycles. The summed E-state index contributed by atoms with van der Waals surface area (Å²) in [5.74, 6) is 1.13. The average molecular weight is 519 g/mol. The number of nitrogens with one attached hydrogen (secondary N) is 2. The number of benzene rings is 2. The molecule has 1 aliphatic rings. The normalized spacial score (nSPS) is 13.5. The van der Waals surface area contributed by atoms with Gasteiger partial charge in [-0.05, 0) is 30.7 Å². The zero-order chi connectivity index (χ0) is 25.8. The van der Waals surface area contributed by atoms with E-state index in [1.165, 1.54) is 11.9 Å². The van der Waals surface area contributed by atoms with E-state index in [9.17, 15) is 4.79 Å². The van der Waals surface area contributed by atoms with Gasteiger partial charge in [0.2, 0.25) is 17.7 Å². The van der Waals surface area contributed by atoms with Crippen LogP contribution in [0.25, 0.3) is 0 Å². The number of piperazine rings is 1. The number of aromatic nitrogens is 4. The van der Waals surface area contributed by atoms with Crippen LogP contribution in [-0.4, -0.2) is 52.0 Å². The molecule has 1 saturated heterocycles. The Morgan fingerprint density at radius 3 is 2.49 bits per heavy atom. The lowest BCUT2D eigenvalue weighted by molar-refractivity contribution is 0.0997. The number of carbonyl (C=O) groups is 1. The number of aryl methyl sites for hydroxylation is 2. The van der Waals surface area contributed by atoms with Crippen molar-refractivity contribution < 1.29 is 9.21 Å². The fourth-order valence-electron chi connectivity index (χ4n) is 4.06. The van der Waals surface area contributed by atoms with Crippen LogP contribution in [0.1, 0.15) is 28.9 Å². The highest BCUT2D eigenvalue weighted by Crippen LogP contribution is 2.26. The maximum Gasteiger partial charge on any atom is 0.302 e. The van der Waals surface area contributed by atoms with Crippen molar-refractivity contribution in [2.45, 2.75) is 20.3 Å². The molecule has 3 heterocycles. The lowest BCUT2D eigenvalue weighted by Crippen LogP contribution is -2.47. The van der Waals surface area contributed by atoms with E-state index >= 15 is 0 Å². The van der Waals surface area contributed by atoms with E-state index in [1.54, 1.807) is 6.07 Å². The maximum absolute atomic E-state index is 12.7. The molecule has 0 aliphatic carbocycles. The molecular weight excluding hydrogens is 492 g/mol. The molecule has 37 heavy (non-hydrogen) atoms. The Hall–Kier alpha value is -4.18. The molecule has 2 aromatic carbocycles. The molecule has 0 unspecified atom stereocenters.